The minimum atomic E-state index is -3.73. The molecule has 0 amide bonds. The van der Waals surface area contributed by atoms with Gasteiger partial charge in [0.1, 0.15) is 6.33 Å². The minimum absolute atomic E-state index is 0.238. The Morgan fingerprint density at radius 3 is 2.52 bits per heavy atom. The van der Waals surface area contributed by atoms with Gasteiger partial charge < -0.3 is 4.74 Å². The summed E-state index contributed by atoms with van der Waals surface area (Å²) in [7, 11) is -2.18. The number of methoxy groups -OCH3 is 1. The summed E-state index contributed by atoms with van der Waals surface area (Å²) in [5.74, 6) is 0.739. The van der Waals surface area contributed by atoms with Crippen molar-refractivity contribution in [1.29, 1.82) is 0 Å². The van der Waals surface area contributed by atoms with E-state index in [1.54, 1.807) is 43.6 Å². The Labute approximate surface area is 146 Å². The number of aromatic nitrogens is 3. The second kappa shape index (κ2) is 6.15. The summed E-state index contributed by atoms with van der Waals surface area (Å²) < 4.78 is 32.9. The molecule has 0 saturated heterocycles. The lowest BCUT2D eigenvalue weighted by Crippen LogP contribution is -2.12. The fourth-order valence-electron chi connectivity index (χ4n) is 3.62. The summed E-state index contributed by atoms with van der Waals surface area (Å²) in [4.78, 5) is 8.69. The number of hydrogen-bond acceptors (Lipinski definition) is 5. The topological polar surface area (TPSA) is 74.1 Å². The molecule has 2 aromatic heterocycles. The summed E-state index contributed by atoms with van der Waals surface area (Å²) >= 11 is 0. The molecule has 0 bridgehead atoms. The van der Waals surface area contributed by atoms with E-state index in [4.69, 9.17) is 4.74 Å². The van der Waals surface area contributed by atoms with Crippen molar-refractivity contribution in [2.75, 3.05) is 7.11 Å². The first kappa shape index (κ1) is 16.1. The van der Waals surface area contributed by atoms with Crippen LogP contribution in [0.25, 0.3) is 11.0 Å². The molecule has 1 fully saturated rings. The monoisotopic (exact) mass is 357 g/mol. The molecule has 7 heteroatoms. The van der Waals surface area contributed by atoms with Crippen molar-refractivity contribution in [3.8, 4) is 5.88 Å². The van der Waals surface area contributed by atoms with E-state index in [1.807, 2.05) is 0 Å². The molecule has 0 N–H and O–H groups in total. The smallest absolute Gasteiger partial charge is 0.269 e. The van der Waals surface area contributed by atoms with E-state index in [0.29, 0.717) is 22.8 Å². The predicted molar refractivity (Wildman–Crippen MR) is 94.3 cm³/mol. The normalized spacial score (nSPS) is 15.7. The molecule has 1 saturated carbocycles. The summed E-state index contributed by atoms with van der Waals surface area (Å²) in [6, 6.07) is 8.41. The lowest BCUT2D eigenvalue weighted by Gasteiger charge is -2.08. The highest BCUT2D eigenvalue weighted by Gasteiger charge is 2.29. The van der Waals surface area contributed by atoms with Crippen LogP contribution in [0.4, 0.5) is 0 Å². The van der Waals surface area contributed by atoms with Gasteiger partial charge in [-0.05, 0) is 36.5 Å². The van der Waals surface area contributed by atoms with Gasteiger partial charge in [0.15, 0.2) is 5.65 Å². The first-order valence-electron chi connectivity index (χ1n) is 8.33. The molecule has 1 aliphatic rings. The molecule has 130 valence electrons. The van der Waals surface area contributed by atoms with Crippen molar-refractivity contribution in [3.63, 3.8) is 0 Å². The van der Waals surface area contributed by atoms with Gasteiger partial charge in [-0.1, -0.05) is 31.0 Å². The van der Waals surface area contributed by atoms with E-state index in [9.17, 15) is 8.42 Å². The van der Waals surface area contributed by atoms with E-state index in [1.165, 1.54) is 10.3 Å². The molecule has 0 radical (unpaired) electrons. The lowest BCUT2D eigenvalue weighted by molar-refractivity contribution is 0.402. The van der Waals surface area contributed by atoms with Crippen LogP contribution < -0.4 is 4.74 Å². The Morgan fingerprint density at radius 2 is 1.84 bits per heavy atom. The highest BCUT2D eigenvalue weighted by Crippen LogP contribution is 2.41. The molecule has 0 spiro atoms. The van der Waals surface area contributed by atoms with Gasteiger partial charge >= 0.3 is 0 Å². The van der Waals surface area contributed by atoms with Crippen molar-refractivity contribution in [3.05, 3.63) is 48.4 Å². The quantitative estimate of drug-likeness (QED) is 0.716. The second-order valence-electron chi connectivity index (χ2n) is 6.26. The third-order valence-corrected chi connectivity index (χ3v) is 6.50. The zero-order valence-corrected chi connectivity index (χ0v) is 14.7. The van der Waals surface area contributed by atoms with Gasteiger partial charge in [0.05, 0.1) is 17.4 Å². The molecule has 4 rings (SSSR count). The minimum Gasteiger partial charge on any atom is -0.480 e. The maximum Gasteiger partial charge on any atom is 0.269 e. The van der Waals surface area contributed by atoms with Crippen LogP contribution in [0.5, 0.6) is 5.88 Å². The van der Waals surface area contributed by atoms with Gasteiger partial charge in [-0.25, -0.2) is 22.4 Å². The molecule has 0 aliphatic heterocycles. The Balaban J connectivity index is 1.99. The zero-order valence-electron chi connectivity index (χ0n) is 13.9. The van der Waals surface area contributed by atoms with Gasteiger partial charge in [-0.15, -0.1) is 0 Å². The largest absolute Gasteiger partial charge is 0.480 e. The first-order valence-corrected chi connectivity index (χ1v) is 9.77. The van der Waals surface area contributed by atoms with E-state index in [0.717, 1.165) is 31.2 Å². The van der Waals surface area contributed by atoms with Crippen LogP contribution in [0, 0.1) is 0 Å². The summed E-state index contributed by atoms with van der Waals surface area (Å²) in [5.41, 5.74) is 1.34. The van der Waals surface area contributed by atoms with Crippen LogP contribution in [0.15, 0.2) is 47.8 Å². The Bertz CT molecular complexity index is 1010. The van der Waals surface area contributed by atoms with E-state index >= 15 is 0 Å². The number of ether oxygens (including phenoxy) is 1. The van der Waals surface area contributed by atoms with Crippen LogP contribution >= 0.6 is 0 Å². The van der Waals surface area contributed by atoms with Crippen LogP contribution in [0.2, 0.25) is 0 Å². The highest BCUT2D eigenvalue weighted by molar-refractivity contribution is 7.90. The third kappa shape index (κ3) is 2.59. The fraction of sp³-hybridized carbons (Fsp3) is 0.333. The predicted octanol–water partition coefficient (Wildman–Crippen LogP) is 3.33. The van der Waals surface area contributed by atoms with Crippen LogP contribution in [-0.4, -0.2) is 29.5 Å². The van der Waals surface area contributed by atoms with Crippen LogP contribution in [0.1, 0.15) is 37.2 Å². The highest BCUT2D eigenvalue weighted by atomic mass is 32.2. The standard InChI is InChI=1S/C18H19N3O3S/c1-24-18-16-15(13-7-5-6-8-13)11-21(17(16)19-12-20-18)25(22,23)14-9-3-2-4-10-14/h2-4,9-13H,5-8H2,1H3. The molecule has 1 aromatic carbocycles. The SMILES string of the molecule is COc1ncnc2c1c(C1CCCC1)cn2S(=O)(=O)c1ccccc1. The Kier molecular flexibility index (Phi) is 3.95. The maximum atomic E-state index is 13.1. The number of benzene rings is 1. The number of hydrogen-bond donors (Lipinski definition) is 0. The third-order valence-electron chi connectivity index (χ3n) is 4.83. The van der Waals surface area contributed by atoms with Crippen LogP contribution in [0.3, 0.4) is 0 Å². The first-order chi connectivity index (χ1) is 12.1. The van der Waals surface area contributed by atoms with Crippen molar-refractivity contribution >= 4 is 21.1 Å². The number of fused-ring (bicyclic) bond motifs is 1. The lowest BCUT2D eigenvalue weighted by atomic mass is 9.98. The van der Waals surface area contributed by atoms with E-state index in [-0.39, 0.29) is 4.90 Å². The van der Waals surface area contributed by atoms with Crippen molar-refractivity contribution in [1.82, 2.24) is 13.9 Å². The fourth-order valence-corrected chi connectivity index (χ4v) is 4.97. The summed E-state index contributed by atoms with van der Waals surface area (Å²) in [5, 5.41) is 0.705. The molecule has 2 heterocycles. The molecule has 25 heavy (non-hydrogen) atoms. The molecule has 1 aliphatic carbocycles. The summed E-state index contributed by atoms with van der Waals surface area (Å²) in [6.07, 6.45) is 7.44. The summed E-state index contributed by atoms with van der Waals surface area (Å²) in [6.45, 7) is 0. The second-order valence-corrected chi connectivity index (χ2v) is 8.08. The van der Waals surface area contributed by atoms with Gasteiger partial charge in [-0.2, -0.15) is 0 Å². The molecule has 3 aromatic rings. The van der Waals surface area contributed by atoms with Gasteiger partial charge in [0.2, 0.25) is 5.88 Å². The van der Waals surface area contributed by atoms with E-state index < -0.39 is 10.0 Å². The molecule has 0 unspecified atom stereocenters. The van der Waals surface area contributed by atoms with Crippen LogP contribution in [-0.2, 0) is 10.0 Å². The molecular formula is C18H19N3O3S. The van der Waals surface area contributed by atoms with Gasteiger partial charge in [0, 0.05) is 6.20 Å². The Morgan fingerprint density at radius 1 is 1.12 bits per heavy atom. The molecule has 0 atom stereocenters. The Hall–Kier alpha value is -2.41. The van der Waals surface area contributed by atoms with Crippen molar-refractivity contribution in [2.24, 2.45) is 0 Å². The maximum absolute atomic E-state index is 13.1. The van der Waals surface area contributed by atoms with Gasteiger partial charge in [0.25, 0.3) is 10.0 Å². The average molecular weight is 357 g/mol. The van der Waals surface area contributed by atoms with Gasteiger partial charge in [-0.3, -0.25) is 0 Å². The number of nitrogens with zero attached hydrogens (tertiary/aromatic N) is 3. The number of rotatable bonds is 4. The van der Waals surface area contributed by atoms with E-state index in [2.05, 4.69) is 9.97 Å². The zero-order chi connectivity index (χ0) is 17.4. The van der Waals surface area contributed by atoms with Crippen molar-refractivity contribution in [2.45, 2.75) is 36.5 Å². The molecule has 6 nitrogen and oxygen atoms in total. The average Bonchev–Trinajstić information content (AvgIpc) is 3.29. The molecular weight excluding hydrogens is 338 g/mol. The van der Waals surface area contributed by atoms with Crippen molar-refractivity contribution < 1.29 is 13.2 Å².